The Labute approximate surface area is 121 Å². The van der Waals surface area contributed by atoms with Gasteiger partial charge in [0, 0.05) is 6.04 Å². The van der Waals surface area contributed by atoms with Gasteiger partial charge in [-0.3, -0.25) is 9.59 Å². The Bertz CT molecular complexity index is 399. The third kappa shape index (κ3) is 2.33. The topological polar surface area (TPSA) is 49.4 Å². The SMILES string of the molecule is CCC1C(=O)NC(C2CC2)C(=O)N1C(C)C1CCCC1. The van der Waals surface area contributed by atoms with Gasteiger partial charge in [0.25, 0.3) is 0 Å². The standard InChI is InChI=1S/C16H26N2O2/c1-3-13-15(19)17-14(12-8-9-12)16(20)18(13)10(2)11-6-4-5-7-11/h10-14H,3-9H2,1-2H3,(H,17,19). The second-order valence-electron chi connectivity index (χ2n) is 6.78. The van der Waals surface area contributed by atoms with Crippen molar-refractivity contribution in [2.45, 2.75) is 76.9 Å². The van der Waals surface area contributed by atoms with E-state index in [9.17, 15) is 9.59 Å². The van der Waals surface area contributed by atoms with Crippen molar-refractivity contribution in [1.82, 2.24) is 10.2 Å². The Morgan fingerprint density at radius 2 is 1.85 bits per heavy atom. The third-order valence-corrected chi connectivity index (χ3v) is 5.46. The monoisotopic (exact) mass is 278 g/mol. The molecule has 3 unspecified atom stereocenters. The van der Waals surface area contributed by atoms with Crippen LogP contribution in [0.15, 0.2) is 0 Å². The highest BCUT2D eigenvalue weighted by atomic mass is 16.2. The first-order chi connectivity index (χ1) is 9.63. The number of nitrogens with one attached hydrogen (secondary N) is 1. The Morgan fingerprint density at radius 1 is 1.20 bits per heavy atom. The lowest BCUT2D eigenvalue weighted by Gasteiger charge is -2.44. The summed E-state index contributed by atoms with van der Waals surface area (Å²) in [5.74, 6) is 1.22. The predicted octanol–water partition coefficient (Wildman–Crippen LogP) is 2.08. The molecule has 0 radical (unpaired) electrons. The summed E-state index contributed by atoms with van der Waals surface area (Å²) < 4.78 is 0. The second kappa shape index (κ2) is 5.38. The number of piperazine rings is 1. The molecular weight excluding hydrogens is 252 g/mol. The van der Waals surface area contributed by atoms with Crippen LogP contribution in [-0.4, -0.2) is 34.8 Å². The number of carbonyl (C=O) groups excluding carboxylic acids is 2. The summed E-state index contributed by atoms with van der Waals surface area (Å²) in [6, 6.07) is -0.287. The highest BCUT2D eigenvalue weighted by Crippen LogP contribution is 2.38. The van der Waals surface area contributed by atoms with Crippen molar-refractivity contribution in [3.8, 4) is 0 Å². The van der Waals surface area contributed by atoms with E-state index in [0.717, 1.165) is 12.8 Å². The third-order valence-electron chi connectivity index (χ3n) is 5.46. The first-order valence-electron chi connectivity index (χ1n) is 8.26. The van der Waals surface area contributed by atoms with Crippen molar-refractivity contribution < 1.29 is 9.59 Å². The van der Waals surface area contributed by atoms with Crippen LogP contribution in [0.25, 0.3) is 0 Å². The lowest BCUT2D eigenvalue weighted by molar-refractivity contribution is -0.153. The van der Waals surface area contributed by atoms with E-state index in [4.69, 9.17) is 0 Å². The van der Waals surface area contributed by atoms with E-state index in [1.54, 1.807) is 0 Å². The summed E-state index contributed by atoms with van der Waals surface area (Å²) in [6.07, 6.45) is 7.83. The van der Waals surface area contributed by atoms with Gasteiger partial charge in [-0.2, -0.15) is 0 Å². The van der Waals surface area contributed by atoms with E-state index in [-0.39, 0.29) is 29.9 Å². The van der Waals surface area contributed by atoms with Gasteiger partial charge in [-0.15, -0.1) is 0 Å². The zero-order valence-electron chi connectivity index (χ0n) is 12.6. The molecule has 4 heteroatoms. The molecule has 1 heterocycles. The molecule has 0 aromatic rings. The molecule has 0 spiro atoms. The summed E-state index contributed by atoms with van der Waals surface area (Å²) in [6.45, 7) is 4.16. The molecule has 0 aromatic carbocycles. The number of nitrogens with zero attached hydrogens (tertiary/aromatic N) is 1. The van der Waals surface area contributed by atoms with Gasteiger partial charge in [0.2, 0.25) is 11.8 Å². The van der Waals surface area contributed by atoms with Gasteiger partial charge >= 0.3 is 0 Å². The molecule has 112 valence electrons. The molecule has 1 aliphatic heterocycles. The maximum Gasteiger partial charge on any atom is 0.246 e. The molecule has 3 rings (SSSR count). The van der Waals surface area contributed by atoms with E-state index >= 15 is 0 Å². The van der Waals surface area contributed by atoms with Crippen LogP contribution in [0.4, 0.5) is 0 Å². The lowest BCUT2D eigenvalue weighted by atomic mass is 9.92. The van der Waals surface area contributed by atoms with E-state index in [2.05, 4.69) is 12.2 Å². The van der Waals surface area contributed by atoms with Crippen LogP contribution in [0, 0.1) is 11.8 Å². The van der Waals surface area contributed by atoms with Crippen molar-refractivity contribution in [2.24, 2.45) is 11.8 Å². The normalized spacial score (nSPS) is 33.4. The molecule has 1 saturated heterocycles. The molecule has 0 bridgehead atoms. The van der Waals surface area contributed by atoms with Crippen molar-refractivity contribution >= 4 is 11.8 Å². The molecule has 0 aromatic heterocycles. The summed E-state index contributed by atoms with van der Waals surface area (Å²) in [5.41, 5.74) is 0. The number of hydrogen-bond acceptors (Lipinski definition) is 2. The van der Waals surface area contributed by atoms with Gasteiger partial charge < -0.3 is 10.2 Å². The molecule has 3 aliphatic rings. The second-order valence-corrected chi connectivity index (χ2v) is 6.78. The molecule has 3 atom stereocenters. The Balaban J connectivity index is 1.81. The van der Waals surface area contributed by atoms with Gasteiger partial charge in [0.05, 0.1) is 0 Å². The van der Waals surface area contributed by atoms with Gasteiger partial charge in [-0.05, 0) is 50.9 Å². The zero-order chi connectivity index (χ0) is 14.3. The van der Waals surface area contributed by atoms with E-state index in [1.165, 1.54) is 25.7 Å². The summed E-state index contributed by atoms with van der Waals surface area (Å²) in [7, 11) is 0. The minimum atomic E-state index is -0.256. The van der Waals surface area contributed by atoms with Crippen LogP contribution < -0.4 is 5.32 Å². The summed E-state index contributed by atoms with van der Waals surface area (Å²) in [5, 5.41) is 2.97. The van der Waals surface area contributed by atoms with Crippen molar-refractivity contribution in [3.05, 3.63) is 0 Å². The molecule has 1 N–H and O–H groups in total. The maximum atomic E-state index is 12.8. The van der Waals surface area contributed by atoms with Crippen LogP contribution in [0.1, 0.15) is 58.8 Å². The maximum absolute atomic E-state index is 12.8. The number of hydrogen-bond donors (Lipinski definition) is 1. The Morgan fingerprint density at radius 3 is 2.40 bits per heavy atom. The minimum Gasteiger partial charge on any atom is -0.342 e. The van der Waals surface area contributed by atoms with Crippen molar-refractivity contribution in [1.29, 1.82) is 0 Å². The van der Waals surface area contributed by atoms with E-state index < -0.39 is 0 Å². The quantitative estimate of drug-likeness (QED) is 0.856. The highest BCUT2D eigenvalue weighted by molar-refractivity contribution is 5.97. The molecule has 2 amide bonds. The van der Waals surface area contributed by atoms with E-state index in [1.807, 2.05) is 11.8 Å². The average Bonchev–Trinajstić information content (AvgIpc) is 3.13. The number of rotatable bonds is 4. The van der Waals surface area contributed by atoms with Gasteiger partial charge in [0.15, 0.2) is 0 Å². The fourth-order valence-corrected chi connectivity index (χ4v) is 4.03. The fraction of sp³-hybridized carbons (Fsp3) is 0.875. The molecule has 3 fully saturated rings. The van der Waals surface area contributed by atoms with Gasteiger partial charge in [0.1, 0.15) is 12.1 Å². The molecule has 20 heavy (non-hydrogen) atoms. The van der Waals surface area contributed by atoms with Crippen LogP contribution >= 0.6 is 0 Å². The smallest absolute Gasteiger partial charge is 0.246 e. The predicted molar refractivity (Wildman–Crippen MR) is 77.0 cm³/mol. The summed E-state index contributed by atoms with van der Waals surface area (Å²) >= 11 is 0. The largest absolute Gasteiger partial charge is 0.342 e. The molecular formula is C16H26N2O2. The number of amides is 2. The van der Waals surface area contributed by atoms with Gasteiger partial charge in [-0.25, -0.2) is 0 Å². The molecule has 2 aliphatic carbocycles. The van der Waals surface area contributed by atoms with Crippen molar-refractivity contribution in [3.63, 3.8) is 0 Å². The lowest BCUT2D eigenvalue weighted by Crippen LogP contribution is -2.66. The van der Waals surface area contributed by atoms with Crippen LogP contribution in [0.3, 0.4) is 0 Å². The first-order valence-corrected chi connectivity index (χ1v) is 8.26. The van der Waals surface area contributed by atoms with E-state index in [0.29, 0.717) is 18.3 Å². The van der Waals surface area contributed by atoms with Gasteiger partial charge in [-0.1, -0.05) is 19.8 Å². The number of carbonyl (C=O) groups is 2. The summed E-state index contributed by atoms with van der Waals surface area (Å²) in [4.78, 5) is 27.1. The first kappa shape index (κ1) is 13.9. The van der Waals surface area contributed by atoms with Crippen LogP contribution in [-0.2, 0) is 9.59 Å². The molecule has 4 nitrogen and oxygen atoms in total. The zero-order valence-corrected chi connectivity index (χ0v) is 12.6. The highest BCUT2D eigenvalue weighted by Gasteiger charge is 2.48. The fourth-order valence-electron chi connectivity index (χ4n) is 4.03. The minimum absolute atomic E-state index is 0.0637. The van der Waals surface area contributed by atoms with Crippen LogP contribution in [0.2, 0.25) is 0 Å². The Hall–Kier alpha value is -1.06. The van der Waals surface area contributed by atoms with Crippen LogP contribution in [0.5, 0.6) is 0 Å². The van der Waals surface area contributed by atoms with Crippen molar-refractivity contribution in [2.75, 3.05) is 0 Å². The molecule has 2 saturated carbocycles. The Kier molecular flexibility index (Phi) is 3.74. The average molecular weight is 278 g/mol.